The van der Waals surface area contributed by atoms with Gasteiger partial charge in [0.2, 0.25) is 0 Å². The van der Waals surface area contributed by atoms with E-state index in [9.17, 15) is 0 Å². The fourth-order valence-electron chi connectivity index (χ4n) is 0.825. The Labute approximate surface area is 85.1 Å². The van der Waals surface area contributed by atoms with Gasteiger partial charge in [-0.25, -0.2) is 9.50 Å². The third-order valence-corrected chi connectivity index (χ3v) is 2.21. The molecule has 0 unspecified atom stereocenters. The first-order valence-electron chi connectivity index (χ1n) is 2.92. The van der Waals surface area contributed by atoms with Gasteiger partial charge in [-0.2, -0.15) is 5.10 Å². The number of hydrogen-bond donors (Lipinski definition) is 0. The number of hydrogen-bond acceptors (Lipinski definition) is 2. The average molecular weight is 324 g/mol. The molecule has 0 aliphatic rings. The summed E-state index contributed by atoms with van der Waals surface area (Å²) in [5.41, 5.74) is 0.865. The number of halogens is 2. The van der Waals surface area contributed by atoms with E-state index in [0.717, 1.165) is 13.8 Å². The molecule has 0 aliphatic heterocycles. The fraction of sp³-hybridized carbons (Fsp3) is 0. The molecular formula is C6H3BrIN3. The van der Waals surface area contributed by atoms with Crippen molar-refractivity contribution in [1.82, 2.24) is 14.6 Å². The van der Waals surface area contributed by atoms with E-state index in [-0.39, 0.29) is 0 Å². The quantitative estimate of drug-likeness (QED) is 0.695. The SMILES string of the molecule is Brc1cnn2cc(I)nc2c1. The molecule has 2 aromatic rings. The maximum absolute atomic E-state index is 4.23. The first-order valence-corrected chi connectivity index (χ1v) is 4.79. The molecule has 56 valence electrons. The Hall–Kier alpha value is -0.170. The van der Waals surface area contributed by atoms with E-state index in [1.807, 2.05) is 12.3 Å². The van der Waals surface area contributed by atoms with E-state index < -0.39 is 0 Å². The molecule has 0 aliphatic carbocycles. The maximum Gasteiger partial charge on any atom is 0.155 e. The number of nitrogens with zero attached hydrogens (tertiary/aromatic N) is 3. The van der Waals surface area contributed by atoms with Crippen LogP contribution < -0.4 is 0 Å². The minimum Gasteiger partial charge on any atom is -0.221 e. The maximum atomic E-state index is 4.23. The van der Waals surface area contributed by atoms with E-state index in [2.05, 4.69) is 48.6 Å². The highest BCUT2D eigenvalue weighted by Crippen LogP contribution is 2.11. The summed E-state index contributed by atoms with van der Waals surface area (Å²) >= 11 is 5.48. The molecule has 0 bridgehead atoms. The lowest BCUT2D eigenvalue weighted by molar-refractivity contribution is 0.930. The van der Waals surface area contributed by atoms with E-state index >= 15 is 0 Å². The van der Waals surface area contributed by atoms with Crippen LogP contribution in [0.3, 0.4) is 0 Å². The monoisotopic (exact) mass is 323 g/mol. The summed E-state index contributed by atoms with van der Waals surface area (Å²) in [5.74, 6) is 0. The topological polar surface area (TPSA) is 30.2 Å². The molecule has 2 aromatic heterocycles. The highest BCUT2D eigenvalue weighted by molar-refractivity contribution is 14.1. The zero-order chi connectivity index (χ0) is 7.84. The van der Waals surface area contributed by atoms with Gasteiger partial charge < -0.3 is 0 Å². The molecule has 5 heteroatoms. The highest BCUT2D eigenvalue weighted by atomic mass is 127. The third-order valence-electron chi connectivity index (χ3n) is 1.26. The predicted molar refractivity (Wildman–Crippen MR) is 53.4 cm³/mol. The largest absolute Gasteiger partial charge is 0.221 e. The summed E-state index contributed by atoms with van der Waals surface area (Å²) in [6, 6.07) is 1.93. The molecule has 0 N–H and O–H groups in total. The number of imidazole rings is 1. The van der Waals surface area contributed by atoms with Crippen LogP contribution in [0, 0.1) is 3.70 Å². The Bertz CT molecular complexity index is 398. The molecule has 0 amide bonds. The minimum atomic E-state index is 0.865. The second kappa shape index (κ2) is 2.71. The van der Waals surface area contributed by atoms with Crippen LogP contribution in [0.15, 0.2) is 22.9 Å². The molecule has 3 nitrogen and oxygen atoms in total. The molecule has 11 heavy (non-hydrogen) atoms. The van der Waals surface area contributed by atoms with Crippen LogP contribution >= 0.6 is 38.5 Å². The highest BCUT2D eigenvalue weighted by Gasteiger charge is 1.98. The van der Waals surface area contributed by atoms with Crippen molar-refractivity contribution in [3.05, 3.63) is 26.6 Å². The summed E-state index contributed by atoms with van der Waals surface area (Å²) in [7, 11) is 0. The summed E-state index contributed by atoms with van der Waals surface area (Å²) in [4.78, 5) is 4.23. The Kier molecular flexibility index (Phi) is 1.84. The average Bonchev–Trinajstić information content (AvgIpc) is 2.27. The lowest BCUT2D eigenvalue weighted by Crippen LogP contribution is -1.87. The summed E-state index contributed by atoms with van der Waals surface area (Å²) in [5, 5.41) is 4.10. The second-order valence-electron chi connectivity index (χ2n) is 2.04. The Morgan fingerprint density at radius 1 is 1.55 bits per heavy atom. The molecule has 0 fully saturated rings. The van der Waals surface area contributed by atoms with Crippen molar-refractivity contribution >= 4 is 44.2 Å². The van der Waals surface area contributed by atoms with Crippen LogP contribution in [0.2, 0.25) is 0 Å². The number of fused-ring (bicyclic) bond motifs is 1. The van der Waals surface area contributed by atoms with Crippen molar-refractivity contribution in [1.29, 1.82) is 0 Å². The van der Waals surface area contributed by atoms with Crippen LogP contribution in [0.4, 0.5) is 0 Å². The van der Waals surface area contributed by atoms with Crippen LogP contribution in [-0.4, -0.2) is 14.6 Å². The summed E-state index contributed by atoms with van der Waals surface area (Å²) < 4.78 is 3.65. The smallest absolute Gasteiger partial charge is 0.155 e. The van der Waals surface area contributed by atoms with Crippen LogP contribution in [0.1, 0.15) is 0 Å². The predicted octanol–water partition coefficient (Wildman–Crippen LogP) is 2.10. The standard InChI is InChI=1S/C6H3BrIN3/c7-4-1-6-10-5(8)3-11(6)9-2-4/h1-3H. The zero-order valence-electron chi connectivity index (χ0n) is 5.33. The molecular weight excluding hydrogens is 321 g/mol. The first-order chi connectivity index (χ1) is 5.25. The molecule has 0 radical (unpaired) electrons. The van der Waals surface area contributed by atoms with Gasteiger partial charge in [-0.15, -0.1) is 0 Å². The van der Waals surface area contributed by atoms with E-state index in [4.69, 9.17) is 0 Å². The van der Waals surface area contributed by atoms with Crippen LogP contribution in [0.5, 0.6) is 0 Å². The number of rotatable bonds is 0. The fourth-order valence-corrected chi connectivity index (χ4v) is 1.63. The van der Waals surface area contributed by atoms with Gasteiger partial charge in [-0.3, -0.25) is 0 Å². The minimum absolute atomic E-state index is 0.865. The van der Waals surface area contributed by atoms with E-state index in [1.165, 1.54) is 0 Å². The van der Waals surface area contributed by atoms with Crippen molar-refractivity contribution in [2.45, 2.75) is 0 Å². The Balaban J connectivity index is 2.82. The molecule has 0 aromatic carbocycles. The lowest BCUT2D eigenvalue weighted by Gasteiger charge is -1.89. The van der Waals surface area contributed by atoms with E-state index in [1.54, 1.807) is 10.7 Å². The van der Waals surface area contributed by atoms with Crippen molar-refractivity contribution in [3.63, 3.8) is 0 Å². The molecule has 0 saturated heterocycles. The second-order valence-corrected chi connectivity index (χ2v) is 4.06. The lowest BCUT2D eigenvalue weighted by atomic mass is 10.6. The molecule has 2 heterocycles. The summed E-state index contributed by atoms with van der Waals surface area (Å²) in [6.07, 6.45) is 3.62. The van der Waals surface area contributed by atoms with Crippen molar-refractivity contribution in [2.24, 2.45) is 0 Å². The van der Waals surface area contributed by atoms with Crippen molar-refractivity contribution in [2.75, 3.05) is 0 Å². The normalized spacial score (nSPS) is 10.7. The Morgan fingerprint density at radius 3 is 3.18 bits per heavy atom. The van der Waals surface area contributed by atoms with E-state index in [0.29, 0.717) is 0 Å². The first kappa shape index (κ1) is 7.48. The summed E-state index contributed by atoms with van der Waals surface area (Å²) in [6.45, 7) is 0. The van der Waals surface area contributed by atoms with Crippen LogP contribution in [0.25, 0.3) is 5.65 Å². The van der Waals surface area contributed by atoms with Gasteiger partial charge in [0, 0.05) is 4.47 Å². The van der Waals surface area contributed by atoms with Gasteiger partial charge in [0.15, 0.2) is 5.65 Å². The van der Waals surface area contributed by atoms with Gasteiger partial charge in [0.1, 0.15) is 3.70 Å². The van der Waals surface area contributed by atoms with Gasteiger partial charge in [-0.1, -0.05) is 0 Å². The number of aromatic nitrogens is 3. The van der Waals surface area contributed by atoms with Gasteiger partial charge >= 0.3 is 0 Å². The molecule has 2 rings (SSSR count). The molecule has 0 saturated carbocycles. The zero-order valence-corrected chi connectivity index (χ0v) is 9.07. The van der Waals surface area contributed by atoms with Crippen molar-refractivity contribution < 1.29 is 0 Å². The van der Waals surface area contributed by atoms with Crippen LogP contribution in [-0.2, 0) is 0 Å². The molecule has 0 spiro atoms. The third kappa shape index (κ3) is 1.39. The Morgan fingerprint density at radius 2 is 2.36 bits per heavy atom. The van der Waals surface area contributed by atoms with Crippen molar-refractivity contribution in [3.8, 4) is 0 Å². The van der Waals surface area contributed by atoms with Gasteiger partial charge in [0.05, 0.1) is 12.4 Å². The van der Waals surface area contributed by atoms with Gasteiger partial charge in [-0.05, 0) is 44.6 Å². The molecule has 0 atom stereocenters. The van der Waals surface area contributed by atoms with Gasteiger partial charge in [0.25, 0.3) is 0 Å².